The quantitative estimate of drug-likeness (QED) is 0.841. The highest BCUT2D eigenvalue weighted by Gasteiger charge is 2.07. The van der Waals surface area contributed by atoms with Gasteiger partial charge in [0.05, 0.1) is 11.4 Å². The fourth-order valence-corrected chi connectivity index (χ4v) is 2.63. The molecule has 1 heterocycles. The van der Waals surface area contributed by atoms with Crippen molar-refractivity contribution in [3.8, 4) is 0 Å². The van der Waals surface area contributed by atoms with E-state index in [9.17, 15) is 8.60 Å². The lowest BCUT2D eigenvalue weighted by Gasteiger charge is -2.00. The molecule has 3 nitrogen and oxygen atoms in total. The molecule has 0 spiro atoms. The average molecular weight is 253 g/mol. The fraction of sp³-hybridized carbons (Fsp3) is 0.250. The molecule has 1 unspecified atom stereocenters. The minimum absolute atomic E-state index is 0.309. The van der Waals surface area contributed by atoms with E-state index in [0.29, 0.717) is 23.0 Å². The Bertz CT molecular complexity index is 539. The fourth-order valence-electron chi connectivity index (χ4n) is 1.51. The second-order valence-electron chi connectivity index (χ2n) is 3.79. The highest BCUT2D eigenvalue weighted by molar-refractivity contribution is 7.83. The molecule has 0 amide bonds. The zero-order valence-corrected chi connectivity index (χ0v) is 10.2. The molecule has 0 saturated carbocycles. The summed E-state index contributed by atoms with van der Waals surface area (Å²) in [6, 6.07) is 7.89. The Kier molecular flexibility index (Phi) is 3.68. The van der Waals surface area contributed by atoms with E-state index in [1.807, 2.05) is 0 Å². The van der Waals surface area contributed by atoms with Crippen molar-refractivity contribution in [1.29, 1.82) is 0 Å². The molecular weight excluding hydrogens is 241 g/mol. The van der Waals surface area contributed by atoms with Gasteiger partial charge in [0.2, 0.25) is 0 Å². The number of hydrogen-bond acceptors (Lipinski definition) is 3. The Morgan fingerprint density at radius 3 is 2.82 bits per heavy atom. The van der Waals surface area contributed by atoms with Crippen molar-refractivity contribution in [1.82, 2.24) is 5.16 Å². The van der Waals surface area contributed by atoms with Gasteiger partial charge in [-0.1, -0.05) is 17.3 Å². The van der Waals surface area contributed by atoms with Crippen molar-refractivity contribution < 1.29 is 13.1 Å². The predicted octanol–water partition coefficient (Wildman–Crippen LogP) is 2.57. The van der Waals surface area contributed by atoms with Crippen LogP contribution in [0.3, 0.4) is 0 Å². The van der Waals surface area contributed by atoms with E-state index in [1.165, 1.54) is 12.1 Å². The van der Waals surface area contributed by atoms with Crippen LogP contribution in [0.1, 0.15) is 17.0 Å². The van der Waals surface area contributed by atoms with Crippen LogP contribution in [0.25, 0.3) is 0 Å². The topological polar surface area (TPSA) is 43.1 Å². The molecule has 0 bridgehead atoms. The first-order chi connectivity index (χ1) is 8.13. The minimum atomic E-state index is -1.11. The minimum Gasteiger partial charge on any atom is -0.361 e. The highest BCUT2D eigenvalue weighted by Crippen LogP contribution is 2.10. The maximum absolute atomic E-state index is 12.9. The lowest BCUT2D eigenvalue weighted by Crippen LogP contribution is -2.00. The summed E-state index contributed by atoms with van der Waals surface area (Å²) >= 11 is 0. The Morgan fingerprint density at radius 1 is 1.35 bits per heavy atom. The Balaban J connectivity index is 1.98. The summed E-state index contributed by atoms with van der Waals surface area (Å²) in [6.45, 7) is 1.78. The molecule has 5 heteroatoms. The number of benzene rings is 1. The first kappa shape index (κ1) is 12.0. The van der Waals surface area contributed by atoms with Gasteiger partial charge in [-0.2, -0.15) is 0 Å². The third-order valence-electron chi connectivity index (χ3n) is 2.20. The summed E-state index contributed by atoms with van der Waals surface area (Å²) in [5.41, 5.74) is 1.39. The molecule has 2 rings (SSSR count). The number of aryl methyl sites for hydroxylation is 1. The van der Waals surface area contributed by atoms with E-state index in [-0.39, 0.29) is 5.82 Å². The van der Waals surface area contributed by atoms with Crippen LogP contribution in [0, 0.1) is 12.7 Å². The number of hydrogen-bond donors (Lipinski definition) is 0. The lowest BCUT2D eigenvalue weighted by molar-refractivity contribution is 0.392. The van der Waals surface area contributed by atoms with Gasteiger partial charge in [-0.3, -0.25) is 4.21 Å². The molecule has 17 heavy (non-hydrogen) atoms. The standard InChI is InChI=1S/C12H12FNO2S/c1-9-5-12(14-16-9)8-17(15)7-10-3-2-4-11(13)6-10/h2-6H,7-8H2,1H3. The van der Waals surface area contributed by atoms with Gasteiger partial charge in [0.1, 0.15) is 11.6 Å². The smallest absolute Gasteiger partial charge is 0.133 e. The molecular formula is C12H12FNO2S. The van der Waals surface area contributed by atoms with E-state index in [4.69, 9.17) is 4.52 Å². The number of nitrogens with zero attached hydrogens (tertiary/aromatic N) is 1. The Morgan fingerprint density at radius 2 is 2.18 bits per heavy atom. The SMILES string of the molecule is Cc1cc(CS(=O)Cc2cccc(F)c2)no1. The van der Waals surface area contributed by atoms with Gasteiger partial charge < -0.3 is 4.52 Å². The Hall–Kier alpha value is -1.49. The van der Waals surface area contributed by atoms with Gasteiger partial charge in [0.25, 0.3) is 0 Å². The van der Waals surface area contributed by atoms with Crippen molar-refractivity contribution in [3.05, 3.63) is 53.2 Å². The normalized spacial score (nSPS) is 12.6. The summed E-state index contributed by atoms with van der Waals surface area (Å²) in [4.78, 5) is 0. The van der Waals surface area contributed by atoms with Gasteiger partial charge in [-0.05, 0) is 24.6 Å². The van der Waals surface area contributed by atoms with Crippen LogP contribution >= 0.6 is 0 Å². The van der Waals surface area contributed by atoms with E-state index in [0.717, 1.165) is 5.56 Å². The first-order valence-corrected chi connectivity index (χ1v) is 6.64. The first-order valence-electron chi connectivity index (χ1n) is 5.15. The van der Waals surface area contributed by atoms with Crippen molar-refractivity contribution >= 4 is 10.8 Å². The van der Waals surface area contributed by atoms with Crippen molar-refractivity contribution in [3.63, 3.8) is 0 Å². The molecule has 0 saturated heterocycles. The molecule has 1 atom stereocenters. The van der Waals surface area contributed by atoms with Crippen LogP contribution in [0.5, 0.6) is 0 Å². The van der Waals surface area contributed by atoms with E-state index >= 15 is 0 Å². The van der Waals surface area contributed by atoms with Crippen LogP contribution in [-0.2, 0) is 22.3 Å². The molecule has 2 aromatic rings. The lowest BCUT2D eigenvalue weighted by atomic mass is 10.2. The third-order valence-corrected chi connectivity index (χ3v) is 3.48. The van der Waals surface area contributed by atoms with Crippen LogP contribution in [0.15, 0.2) is 34.9 Å². The van der Waals surface area contributed by atoms with Crippen molar-refractivity contribution in [2.75, 3.05) is 0 Å². The number of halogens is 1. The van der Waals surface area contributed by atoms with Gasteiger partial charge in [0, 0.05) is 22.6 Å². The van der Waals surface area contributed by atoms with Gasteiger partial charge in [-0.25, -0.2) is 4.39 Å². The van der Waals surface area contributed by atoms with Crippen LogP contribution in [0.2, 0.25) is 0 Å². The van der Waals surface area contributed by atoms with Crippen LogP contribution < -0.4 is 0 Å². The van der Waals surface area contributed by atoms with E-state index in [2.05, 4.69) is 5.16 Å². The van der Waals surface area contributed by atoms with E-state index in [1.54, 1.807) is 25.1 Å². The summed E-state index contributed by atoms with van der Waals surface area (Å²) in [5.74, 6) is 1.04. The monoisotopic (exact) mass is 253 g/mol. The predicted molar refractivity (Wildman–Crippen MR) is 63.2 cm³/mol. The second-order valence-corrected chi connectivity index (χ2v) is 5.24. The second kappa shape index (κ2) is 5.23. The molecule has 0 aliphatic heterocycles. The van der Waals surface area contributed by atoms with Crippen LogP contribution in [-0.4, -0.2) is 9.37 Å². The Labute approximate surface area is 101 Å². The van der Waals surface area contributed by atoms with Gasteiger partial charge in [-0.15, -0.1) is 0 Å². The van der Waals surface area contributed by atoms with E-state index < -0.39 is 10.8 Å². The maximum atomic E-state index is 12.9. The van der Waals surface area contributed by atoms with Gasteiger partial charge >= 0.3 is 0 Å². The third kappa shape index (κ3) is 3.49. The zero-order chi connectivity index (χ0) is 12.3. The van der Waals surface area contributed by atoms with Crippen molar-refractivity contribution in [2.45, 2.75) is 18.4 Å². The summed E-state index contributed by atoms with van der Waals surface area (Å²) in [6.07, 6.45) is 0. The van der Waals surface area contributed by atoms with Crippen molar-refractivity contribution in [2.24, 2.45) is 0 Å². The molecule has 0 aliphatic carbocycles. The largest absolute Gasteiger partial charge is 0.361 e. The molecule has 0 radical (unpaired) electrons. The molecule has 0 aliphatic rings. The average Bonchev–Trinajstić information content (AvgIpc) is 2.63. The maximum Gasteiger partial charge on any atom is 0.133 e. The molecule has 0 fully saturated rings. The summed E-state index contributed by atoms with van der Waals surface area (Å²) < 4.78 is 29.6. The summed E-state index contributed by atoms with van der Waals surface area (Å²) in [7, 11) is -1.11. The molecule has 0 N–H and O–H groups in total. The molecule has 90 valence electrons. The number of aromatic nitrogens is 1. The number of rotatable bonds is 4. The highest BCUT2D eigenvalue weighted by atomic mass is 32.2. The molecule has 1 aromatic heterocycles. The van der Waals surface area contributed by atoms with Gasteiger partial charge in [0.15, 0.2) is 0 Å². The summed E-state index contributed by atoms with van der Waals surface area (Å²) in [5, 5.41) is 3.77. The molecule has 1 aromatic carbocycles. The zero-order valence-electron chi connectivity index (χ0n) is 9.35. The van der Waals surface area contributed by atoms with Crippen LogP contribution in [0.4, 0.5) is 4.39 Å².